The molecule has 10 nitrogen and oxygen atoms in total. The second-order valence-electron chi connectivity index (χ2n) is 9.39. The quantitative estimate of drug-likeness (QED) is 0.221. The molecule has 0 aliphatic rings. The zero-order valence-electron chi connectivity index (χ0n) is 23.7. The molecule has 12 heteroatoms. The summed E-state index contributed by atoms with van der Waals surface area (Å²) in [5.41, 5.74) is 3.13. The van der Waals surface area contributed by atoms with Crippen LogP contribution in [-0.2, 0) is 25.7 Å². The highest BCUT2D eigenvalue weighted by molar-refractivity contribution is 6.38. The molecule has 0 unspecified atom stereocenters. The van der Waals surface area contributed by atoms with Gasteiger partial charge in [0.15, 0.2) is 0 Å². The highest BCUT2D eigenvalue weighted by atomic mass is 35.5. The van der Waals surface area contributed by atoms with E-state index in [-0.39, 0.29) is 30.7 Å². The van der Waals surface area contributed by atoms with Crippen molar-refractivity contribution in [1.82, 2.24) is 15.3 Å². The molecule has 4 rings (SSSR count). The van der Waals surface area contributed by atoms with Crippen molar-refractivity contribution in [3.05, 3.63) is 93.7 Å². The van der Waals surface area contributed by atoms with E-state index >= 15 is 0 Å². The predicted octanol–water partition coefficient (Wildman–Crippen LogP) is 5.20. The molecule has 2 heterocycles. The molecule has 2 N–H and O–H groups in total. The molecule has 3 amide bonds. The third-order valence-electron chi connectivity index (χ3n) is 6.27. The minimum Gasteiger partial charge on any atom is -0.487 e. The van der Waals surface area contributed by atoms with E-state index in [0.29, 0.717) is 33.4 Å². The van der Waals surface area contributed by atoms with Gasteiger partial charge in [0.2, 0.25) is 11.8 Å². The third kappa shape index (κ3) is 8.29. The summed E-state index contributed by atoms with van der Waals surface area (Å²) in [5.74, 6) is -0.267. The Morgan fingerprint density at radius 3 is 2.60 bits per heavy atom. The van der Waals surface area contributed by atoms with Gasteiger partial charge in [-0.25, -0.2) is 9.97 Å². The van der Waals surface area contributed by atoms with Crippen LogP contribution in [0.25, 0.3) is 17.0 Å². The van der Waals surface area contributed by atoms with E-state index in [1.165, 1.54) is 30.4 Å². The van der Waals surface area contributed by atoms with Gasteiger partial charge in [-0.3, -0.25) is 14.4 Å². The van der Waals surface area contributed by atoms with E-state index in [1.54, 1.807) is 31.3 Å². The Morgan fingerprint density at radius 2 is 1.86 bits per heavy atom. The number of para-hydroxylation sites is 1. The minimum absolute atomic E-state index is 0.0547. The van der Waals surface area contributed by atoms with E-state index in [9.17, 15) is 14.4 Å². The lowest BCUT2D eigenvalue weighted by molar-refractivity contribution is -0.122. The number of carbonyl (C=O) groups is 3. The maximum Gasteiger partial charge on any atom is 0.251 e. The van der Waals surface area contributed by atoms with E-state index < -0.39 is 11.8 Å². The third-order valence-corrected chi connectivity index (χ3v) is 7.04. The van der Waals surface area contributed by atoms with Crippen molar-refractivity contribution < 1.29 is 23.9 Å². The molecule has 0 atom stereocenters. The maximum atomic E-state index is 12.9. The standard InChI is InChI=1S/C31H29Cl2N5O5/c1-19-7-10-21-5-4-6-25(31(21)36-19)43-17-22-23(32)11-12-24(30(22)33)38(2)29(41)16-35-27(39)14-9-20-8-13-26(34-15-20)37-28(40)18-42-3/h4-15H,16-18H2,1-3H3,(H,35,39)(H,34,37,40)/b14-9+. The van der Waals surface area contributed by atoms with Crippen molar-refractivity contribution in [1.29, 1.82) is 0 Å². The lowest BCUT2D eigenvalue weighted by atomic mass is 10.1. The number of hydrogen-bond donors (Lipinski definition) is 2. The number of halogens is 2. The van der Waals surface area contributed by atoms with Gasteiger partial charge < -0.3 is 25.0 Å². The molecule has 2 aromatic carbocycles. The molecule has 0 aliphatic heterocycles. The van der Waals surface area contributed by atoms with Gasteiger partial charge in [0.05, 0.1) is 17.3 Å². The molecule has 0 fully saturated rings. The monoisotopic (exact) mass is 621 g/mol. The van der Waals surface area contributed by atoms with Crippen molar-refractivity contribution in [2.24, 2.45) is 0 Å². The normalized spacial score (nSPS) is 11.0. The van der Waals surface area contributed by atoms with Crippen LogP contribution in [0.1, 0.15) is 16.8 Å². The highest BCUT2D eigenvalue weighted by Gasteiger charge is 2.19. The number of likely N-dealkylation sites (N-methyl/N-ethyl adjacent to an activating group) is 1. The summed E-state index contributed by atoms with van der Waals surface area (Å²) < 4.78 is 10.8. The van der Waals surface area contributed by atoms with Gasteiger partial charge in [-0.2, -0.15) is 0 Å². The summed E-state index contributed by atoms with van der Waals surface area (Å²) in [7, 11) is 2.98. The molecule has 0 radical (unpaired) electrons. The predicted molar refractivity (Wildman–Crippen MR) is 167 cm³/mol. The lowest BCUT2D eigenvalue weighted by Gasteiger charge is -2.21. The smallest absolute Gasteiger partial charge is 0.251 e. The van der Waals surface area contributed by atoms with Crippen molar-refractivity contribution in [2.45, 2.75) is 13.5 Å². The number of carbonyl (C=O) groups excluding carboxylic acids is 3. The van der Waals surface area contributed by atoms with Crippen LogP contribution >= 0.6 is 23.2 Å². The van der Waals surface area contributed by atoms with E-state index in [4.69, 9.17) is 32.7 Å². The van der Waals surface area contributed by atoms with E-state index in [2.05, 4.69) is 20.6 Å². The Morgan fingerprint density at radius 1 is 1.05 bits per heavy atom. The zero-order valence-corrected chi connectivity index (χ0v) is 25.2. The fraction of sp³-hybridized carbons (Fsp3) is 0.194. The number of benzene rings is 2. The van der Waals surface area contributed by atoms with Crippen LogP contribution in [0.4, 0.5) is 11.5 Å². The molecule has 43 heavy (non-hydrogen) atoms. The summed E-state index contributed by atoms with van der Waals surface area (Å²) in [6, 6.07) is 16.1. The number of anilines is 2. The molecular formula is C31H29Cl2N5O5. The molecule has 0 saturated heterocycles. The number of amides is 3. The topological polar surface area (TPSA) is 123 Å². The Hall–Kier alpha value is -4.51. The Balaban J connectivity index is 1.35. The number of aryl methyl sites for hydroxylation is 1. The molecule has 4 aromatic rings. The summed E-state index contributed by atoms with van der Waals surface area (Å²) in [4.78, 5) is 46.8. The molecular weight excluding hydrogens is 593 g/mol. The fourth-order valence-corrected chi connectivity index (χ4v) is 4.60. The number of fused-ring (bicyclic) bond motifs is 1. The van der Waals surface area contributed by atoms with Crippen LogP contribution in [0.15, 0.2) is 66.9 Å². The first kappa shape index (κ1) is 31.4. The SMILES string of the molecule is COCC(=O)Nc1ccc(/C=C/C(=O)NCC(=O)N(C)c2ccc(Cl)c(COc3cccc4ccc(C)nc34)c2Cl)cn1. The van der Waals surface area contributed by atoms with Crippen molar-refractivity contribution in [3.8, 4) is 5.75 Å². The first-order valence-electron chi connectivity index (χ1n) is 13.1. The molecule has 222 valence electrons. The van der Waals surface area contributed by atoms with Crippen molar-refractivity contribution in [2.75, 3.05) is 37.5 Å². The van der Waals surface area contributed by atoms with E-state index in [1.807, 2.05) is 37.3 Å². The number of methoxy groups -OCH3 is 1. The van der Waals surface area contributed by atoms with Crippen LogP contribution < -0.4 is 20.3 Å². The number of hydrogen-bond acceptors (Lipinski definition) is 7. The summed E-state index contributed by atoms with van der Waals surface area (Å²) in [5, 5.41) is 6.72. The average molecular weight is 623 g/mol. The average Bonchev–Trinajstić information content (AvgIpc) is 2.99. The molecule has 0 bridgehead atoms. The number of rotatable bonds is 11. The van der Waals surface area contributed by atoms with E-state index in [0.717, 1.165) is 16.6 Å². The molecule has 0 saturated carbocycles. The maximum absolute atomic E-state index is 12.9. The number of pyridine rings is 2. The highest BCUT2D eigenvalue weighted by Crippen LogP contribution is 2.35. The van der Waals surface area contributed by atoms with Gasteiger partial charge in [0.1, 0.15) is 30.3 Å². The molecule has 0 spiro atoms. The Labute approximate surface area is 258 Å². The largest absolute Gasteiger partial charge is 0.487 e. The molecule has 2 aromatic heterocycles. The van der Waals surface area contributed by atoms with Gasteiger partial charge in [-0.1, -0.05) is 41.4 Å². The number of aromatic nitrogens is 2. The lowest BCUT2D eigenvalue weighted by Crippen LogP contribution is -2.37. The Bertz CT molecular complexity index is 1680. The van der Waals surface area contributed by atoms with Gasteiger partial charge in [-0.15, -0.1) is 0 Å². The van der Waals surface area contributed by atoms with Gasteiger partial charge >= 0.3 is 0 Å². The van der Waals surface area contributed by atoms with Crippen LogP contribution in [0.3, 0.4) is 0 Å². The second kappa shape index (κ2) is 14.6. The number of nitrogens with one attached hydrogen (secondary N) is 2. The van der Waals surface area contributed by atoms with Crippen molar-refractivity contribution >= 4 is 69.4 Å². The number of ether oxygens (including phenoxy) is 2. The first-order valence-corrected chi connectivity index (χ1v) is 13.8. The number of nitrogens with zero attached hydrogens (tertiary/aromatic N) is 3. The first-order chi connectivity index (χ1) is 20.7. The second-order valence-corrected chi connectivity index (χ2v) is 10.2. The van der Waals surface area contributed by atoms with Crippen LogP contribution in [0, 0.1) is 6.92 Å². The van der Waals surface area contributed by atoms with Crippen LogP contribution in [-0.4, -0.2) is 55.0 Å². The summed E-state index contributed by atoms with van der Waals surface area (Å²) >= 11 is 13.1. The molecule has 0 aliphatic carbocycles. The zero-order chi connectivity index (χ0) is 30.9. The summed E-state index contributed by atoms with van der Waals surface area (Å²) in [6.45, 7) is 1.61. The fourth-order valence-electron chi connectivity index (χ4n) is 3.99. The van der Waals surface area contributed by atoms with Crippen LogP contribution in [0.2, 0.25) is 10.0 Å². The van der Waals surface area contributed by atoms with Crippen LogP contribution in [0.5, 0.6) is 5.75 Å². The summed E-state index contributed by atoms with van der Waals surface area (Å²) in [6.07, 6.45) is 4.31. The van der Waals surface area contributed by atoms with Crippen molar-refractivity contribution in [3.63, 3.8) is 0 Å². The van der Waals surface area contributed by atoms with Gasteiger partial charge in [0.25, 0.3) is 5.91 Å². The Kier molecular flexibility index (Phi) is 10.7. The minimum atomic E-state index is -0.477. The van der Waals surface area contributed by atoms with Gasteiger partial charge in [-0.05, 0) is 55.0 Å². The van der Waals surface area contributed by atoms with Gasteiger partial charge in [0, 0.05) is 48.1 Å².